The van der Waals surface area contributed by atoms with Gasteiger partial charge in [-0.3, -0.25) is 0 Å². The van der Waals surface area contributed by atoms with Crippen LogP contribution < -0.4 is 4.74 Å². The fourth-order valence-electron chi connectivity index (χ4n) is 5.21. The van der Waals surface area contributed by atoms with Gasteiger partial charge in [-0.25, -0.2) is 4.79 Å². The van der Waals surface area contributed by atoms with Crippen molar-refractivity contribution < 1.29 is 14.3 Å². The number of piperidine rings is 1. The molecule has 0 saturated carbocycles. The highest BCUT2D eigenvalue weighted by molar-refractivity contribution is 7.99. The number of fused-ring (bicyclic) bond motifs is 2. The lowest BCUT2D eigenvalue weighted by molar-refractivity contribution is 0.0600. The van der Waals surface area contributed by atoms with E-state index in [1.807, 2.05) is 23.9 Å². The van der Waals surface area contributed by atoms with E-state index in [1.165, 1.54) is 56.2 Å². The van der Waals surface area contributed by atoms with Gasteiger partial charge in [0, 0.05) is 17.9 Å². The first-order valence-electron chi connectivity index (χ1n) is 12.5. The molecule has 0 aromatic heterocycles. The minimum absolute atomic E-state index is 0.129. The quantitative estimate of drug-likeness (QED) is 0.374. The number of hydrogen-bond donors (Lipinski definition) is 0. The van der Waals surface area contributed by atoms with Crippen LogP contribution in [0.15, 0.2) is 72.8 Å². The number of carbonyl (C=O) groups is 1. The van der Waals surface area contributed by atoms with Crippen LogP contribution in [0.4, 0.5) is 0 Å². The van der Waals surface area contributed by atoms with Gasteiger partial charge in [-0.1, -0.05) is 54.6 Å². The van der Waals surface area contributed by atoms with E-state index in [1.54, 1.807) is 6.07 Å². The van der Waals surface area contributed by atoms with Gasteiger partial charge in [0.25, 0.3) is 0 Å². The van der Waals surface area contributed by atoms with Gasteiger partial charge in [0.05, 0.1) is 17.9 Å². The zero-order valence-corrected chi connectivity index (χ0v) is 21.1. The molecule has 0 N–H and O–H groups in total. The summed E-state index contributed by atoms with van der Waals surface area (Å²) in [5, 5.41) is 0.129. The van der Waals surface area contributed by atoms with Crippen LogP contribution in [0, 0.1) is 5.92 Å². The molecule has 5 heteroatoms. The molecule has 0 bridgehead atoms. The number of thioether (sulfide) groups is 1. The molecule has 2 heterocycles. The molecule has 1 atom stereocenters. The smallest absolute Gasteiger partial charge is 0.337 e. The van der Waals surface area contributed by atoms with E-state index in [0.717, 1.165) is 29.5 Å². The average molecular weight is 488 g/mol. The summed E-state index contributed by atoms with van der Waals surface area (Å²) < 4.78 is 11.1. The third-order valence-corrected chi connectivity index (χ3v) is 8.46. The van der Waals surface area contributed by atoms with E-state index >= 15 is 0 Å². The van der Waals surface area contributed by atoms with Crippen molar-refractivity contribution in [3.8, 4) is 5.75 Å². The molecule has 182 valence electrons. The Morgan fingerprint density at radius 1 is 1.00 bits per heavy atom. The van der Waals surface area contributed by atoms with E-state index in [-0.39, 0.29) is 11.2 Å². The second kappa shape index (κ2) is 11.3. The van der Waals surface area contributed by atoms with Crippen molar-refractivity contribution in [1.82, 2.24) is 4.90 Å². The maximum absolute atomic E-state index is 12.2. The van der Waals surface area contributed by atoms with Gasteiger partial charge < -0.3 is 14.4 Å². The molecule has 2 aliphatic rings. The first-order valence-corrected chi connectivity index (χ1v) is 13.6. The van der Waals surface area contributed by atoms with Crippen LogP contribution in [-0.2, 0) is 17.8 Å². The molecule has 1 fully saturated rings. The summed E-state index contributed by atoms with van der Waals surface area (Å²) in [7, 11) is 1.43. The topological polar surface area (TPSA) is 38.8 Å². The van der Waals surface area contributed by atoms with Gasteiger partial charge in [0.15, 0.2) is 0 Å². The highest BCUT2D eigenvalue weighted by atomic mass is 32.2. The standard InChI is InChI=1S/C30H33NO3S/c1-33-30(32)24-11-12-28-27(20-24)29(26-10-6-5-9-25(26)21-34-28)35-18-17-31-15-13-23(14-16-31)19-22-7-3-2-4-8-22/h2-12,20,23,29H,13-19,21H2,1H3. The lowest BCUT2D eigenvalue weighted by Gasteiger charge is -2.32. The van der Waals surface area contributed by atoms with Crippen molar-refractivity contribution in [2.24, 2.45) is 5.92 Å². The van der Waals surface area contributed by atoms with Gasteiger partial charge in [0.2, 0.25) is 0 Å². The Morgan fingerprint density at radius 3 is 2.57 bits per heavy atom. The van der Waals surface area contributed by atoms with Crippen molar-refractivity contribution in [2.45, 2.75) is 31.1 Å². The summed E-state index contributed by atoms with van der Waals surface area (Å²) in [5.74, 6) is 2.36. The van der Waals surface area contributed by atoms with Crippen molar-refractivity contribution in [3.63, 3.8) is 0 Å². The third kappa shape index (κ3) is 5.74. The normalized spacial score (nSPS) is 18.1. The number of rotatable bonds is 7. The summed E-state index contributed by atoms with van der Waals surface area (Å²) in [6, 6.07) is 25.1. The highest BCUT2D eigenvalue weighted by Crippen LogP contribution is 2.44. The summed E-state index contributed by atoms with van der Waals surface area (Å²) in [6.45, 7) is 3.97. The van der Waals surface area contributed by atoms with Crippen LogP contribution in [0.2, 0.25) is 0 Å². The summed E-state index contributed by atoms with van der Waals surface area (Å²) in [4.78, 5) is 14.8. The van der Waals surface area contributed by atoms with Crippen LogP contribution in [0.25, 0.3) is 0 Å². The largest absolute Gasteiger partial charge is 0.489 e. The zero-order chi connectivity index (χ0) is 24.0. The number of hydrogen-bond acceptors (Lipinski definition) is 5. The summed E-state index contributed by atoms with van der Waals surface area (Å²) >= 11 is 1.95. The molecule has 1 saturated heterocycles. The Morgan fingerprint density at radius 2 is 1.77 bits per heavy atom. The zero-order valence-electron chi connectivity index (χ0n) is 20.3. The molecule has 0 amide bonds. The van der Waals surface area contributed by atoms with Crippen LogP contribution in [-0.4, -0.2) is 43.4 Å². The van der Waals surface area contributed by atoms with E-state index in [9.17, 15) is 4.79 Å². The molecular formula is C30H33NO3S. The van der Waals surface area contributed by atoms with E-state index in [0.29, 0.717) is 12.2 Å². The molecular weight excluding hydrogens is 454 g/mol. The van der Waals surface area contributed by atoms with Crippen molar-refractivity contribution in [1.29, 1.82) is 0 Å². The minimum Gasteiger partial charge on any atom is -0.489 e. The fourth-order valence-corrected chi connectivity index (χ4v) is 6.59. The summed E-state index contributed by atoms with van der Waals surface area (Å²) in [5.41, 5.74) is 5.58. The highest BCUT2D eigenvalue weighted by Gasteiger charge is 2.27. The Hall–Kier alpha value is -2.76. The maximum atomic E-state index is 12.2. The Balaban J connectivity index is 1.24. The minimum atomic E-state index is -0.313. The molecule has 4 nitrogen and oxygen atoms in total. The number of ether oxygens (including phenoxy) is 2. The van der Waals surface area contributed by atoms with Gasteiger partial charge >= 0.3 is 5.97 Å². The van der Waals surface area contributed by atoms with Gasteiger partial charge in [-0.05, 0) is 73.2 Å². The van der Waals surface area contributed by atoms with Gasteiger partial charge in [0.1, 0.15) is 12.4 Å². The Kier molecular flexibility index (Phi) is 7.75. The lowest BCUT2D eigenvalue weighted by Crippen LogP contribution is -2.35. The molecule has 2 aliphatic heterocycles. The molecule has 35 heavy (non-hydrogen) atoms. The molecule has 3 aromatic carbocycles. The molecule has 5 rings (SSSR count). The number of carbonyl (C=O) groups excluding carboxylic acids is 1. The van der Waals surface area contributed by atoms with Crippen LogP contribution in [0.1, 0.15) is 50.7 Å². The van der Waals surface area contributed by atoms with Gasteiger partial charge in [-0.15, -0.1) is 11.8 Å². The maximum Gasteiger partial charge on any atom is 0.337 e. The van der Waals surface area contributed by atoms with E-state index < -0.39 is 0 Å². The molecule has 1 unspecified atom stereocenters. The predicted octanol–water partition coefficient (Wildman–Crippen LogP) is 6.14. The average Bonchev–Trinajstić information content (AvgIpc) is 3.06. The monoisotopic (exact) mass is 487 g/mol. The number of likely N-dealkylation sites (tertiary alicyclic amines) is 1. The molecule has 0 aliphatic carbocycles. The van der Waals surface area contributed by atoms with E-state index in [2.05, 4.69) is 59.5 Å². The first-order chi connectivity index (χ1) is 17.2. The number of benzene rings is 3. The number of esters is 1. The Bertz CT molecular complexity index is 1140. The Labute approximate surface area is 212 Å². The second-order valence-corrected chi connectivity index (χ2v) is 10.7. The molecule has 0 radical (unpaired) electrons. The van der Waals surface area contributed by atoms with Crippen molar-refractivity contribution in [3.05, 3.63) is 101 Å². The third-order valence-electron chi connectivity index (χ3n) is 7.20. The van der Waals surface area contributed by atoms with Crippen LogP contribution >= 0.6 is 11.8 Å². The fraction of sp³-hybridized carbons (Fsp3) is 0.367. The molecule has 3 aromatic rings. The van der Waals surface area contributed by atoms with Crippen molar-refractivity contribution in [2.75, 3.05) is 32.5 Å². The van der Waals surface area contributed by atoms with Crippen LogP contribution in [0.3, 0.4) is 0 Å². The molecule has 0 spiro atoms. The van der Waals surface area contributed by atoms with E-state index in [4.69, 9.17) is 9.47 Å². The van der Waals surface area contributed by atoms with Crippen molar-refractivity contribution >= 4 is 17.7 Å². The van der Waals surface area contributed by atoms with Crippen LogP contribution in [0.5, 0.6) is 5.75 Å². The second-order valence-electron chi connectivity index (χ2n) is 9.46. The lowest BCUT2D eigenvalue weighted by atomic mass is 9.90. The number of methoxy groups -OCH3 is 1. The van der Waals surface area contributed by atoms with Gasteiger partial charge in [-0.2, -0.15) is 0 Å². The summed E-state index contributed by atoms with van der Waals surface area (Å²) in [6.07, 6.45) is 3.73. The predicted molar refractivity (Wildman–Crippen MR) is 142 cm³/mol. The number of nitrogens with zero attached hydrogens (tertiary/aromatic N) is 1. The first kappa shape index (κ1) is 24.0. The SMILES string of the molecule is COC(=O)c1ccc2c(c1)C(SCCN1CCC(Cc3ccccc3)CC1)c1ccccc1CO2.